The molecule has 0 atom stereocenters. The summed E-state index contributed by atoms with van der Waals surface area (Å²) in [6.07, 6.45) is 7.74. The number of aromatic nitrogens is 5. The molecule has 1 aromatic carbocycles. The van der Waals surface area contributed by atoms with Crippen LogP contribution in [0.2, 0.25) is 0 Å². The predicted octanol–water partition coefficient (Wildman–Crippen LogP) is 3.58. The lowest BCUT2D eigenvalue weighted by atomic mass is 10.2. The fourth-order valence-electron chi connectivity index (χ4n) is 4.54. The van der Waals surface area contributed by atoms with Crippen LogP contribution in [-0.4, -0.2) is 61.8 Å². The standard InChI is InChI=1S/C25H24F2N8O/c26-17-5-6-20(19(27)16-17)33-13-11-32(12-14-33)8-1-2-9-34-10-7-18-23(34)30-25(28)35-24(18)29-22(31-35)21-4-3-15-36-21/h1-7,10,15-16H,8-9,11-14H2,(H2,28,30). The first-order chi connectivity index (χ1) is 17.6. The molecule has 0 radical (unpaired) electrons. The van der Waals surface area contributed by atoms with Crippen molar-refractivity contribution in [1.82, 2.24) is 29.0 Å². The molecule has 6 rings (SSSR count). The second-order valence-corrected chi connectivity index (χ2v) is 8.68. The van der Waals surface area contributed by atoms with E-state index in [-0.39, 0.29) is 5.95 Å². The van der Waals surface area contributed by atoms with Gasteiger partial charge in [-0.1, -0.05) is 12.2 Å². The minimum absolute atomic E-state index is 0.252. The van der Waals surface area contributed by atoms with E-state index in [4.69, 9.17) is 10.2 Å². The number of hydrogen-bond donors (Lipinski definition) is 1. The average molecular weight is 491 g/mol. The number of nitrogen functional groups attached to an aromatic ring is 1. The highest BCUT2D eigenvalue weighted by atomic mass is 19.1. The Balaban J connectivity index is 1.10. The van der Waals surface area contributed by atoms with Gasteiger partial charge in [-0.15, -0.1) is 5.10 Å². The van der Waals surface area contributed by atoms with Crippen LogP contribution in [0.4, 0.5) is 20.4 Å². The molecule has 0 aliphatic carbocycles. The summed E-state index contributed by atoms with van der Waals surface area (Å²) in [5, 5.41) is 5.28. The SMILES string of the molecule is Nc1nc2c(ccn2CC=CCN2CCN(c3ccc(F)cc3F)CC2)c2nc(-c3ccco3)nn12. The predicted molar refractivity (Wildman–Crippen MR) is 133 cm³/mol. The highest BCUT2D eigenvalue weighted by Crippen LogP contribution is 2.25. The molecule has 0 bridgehead atoms. The molecule has 1 aliphatic heterocycles. The van der Waals surface area contributed by atoms with Crippen LogP contribution in [0.5, 0.6) is 0 Å². The summed E-state index contributed by atoms with van der Waals surface area (Å²) >= 11 is 0. The highest BCUT2D eigenvalue weighted by molar-refractivity contribution is 5.91. The number of anilines is 2. The third-order valence-electron chi connectivity index (χ3n) is 6.42. The van der Waals surface area contributed by atoms with Crippen molar-refractivity contribution in [3.63, 3.8) is 0 Å². The molecule has 0 unspecified atom stereocenters. The molecule has 11 heteroatoms. The van der Waals surface area contributed by atoms with Crippen LogP contribution in [0, 0.1) is 11.6 Å². The Morgan fingerprint density at radius 2 is 1.81 bits per heavy atom. The molecule has 2 N–H and O–H groups in total. The molecular formula is C25H24F2N8O. The van der Waals surface area contributed by atoms with Crippen molar-refractivity contribution in [3.05, 3.63) is 72.6 Å². The van der Waals surface area contributed by atoms with E-state index in [1.54, 1.807) is 18.4 Å². The van der Waals surface area contributed by atoms with Crippen molar-refractivity contribution in [2.45, 2.75) is 6.54 Å². The largest absolute Gasteiger partial charge is 0.461 e. The van der Waals surface area contributed by atoms with Crippen molar-refractivity contribution < 1.29 is 13.2 Å². The smallest absolute Gasteiger partial charge is 0.225 e. The molecule has 1 fully saturated rings. The van der Waals surface area contributed by atoms with Crippen molar-refractivity contribution in [2.75, 3.05) is 43.4 Å². The van der Waals surface area contributed by atoms with Gasteiger partial charge in [0.1, 0.15) is 17.3 Å². The molecule has 1 aliphatic rings. The van der Waals surface area contributed by atoms with Gasteiger partial charge in [0.2, 0.25) is 11.8 Å². The number of rotatable bonds is 6. The van der Waals surface area contributed by atoms with Crippen LogP contribution < -0.4 is 10.6 Å². The van der Waals surface area contributed by atoms with Crippen molar-refractivity contribution in [1.29, 1.82) is 0 Å². The zero-order valence-corrected chi connectivity index (χ0v) is 19.4. The Morgan fingerprint density at radius 3 is 2.58 bits per heavy atom. The Morgan fingerprint density at radius 1 is 0.972 bits per heavy atom. The van der Waals surface area contributed by atoms with Gasteiger partial charge in [-0.25, -0.2) is 13.8 Å². The lowest BCUT2D eigenvalue weighted by molar-refractivity contribution is 0.283. The van der Waals surface area contributed by atoms with Crippen LogP contribution in [0.1, 0.15) is 0 Å². The number of hydrogen-bond acceptors (Lipinski definition) is 7. The third kappa shape index (κ3) is 4.07. The van der Waals surface area contributed by atoms with Gasteiger partial charge in [-0.2, -0.15) is 9.50 Å². The molecule has 4 aromatic heterocycles. The molecule has 5 heterocycles. The first kappa shape index (κ1) is 22.2. The van der Waals surface area contributed by atoms with Crippen LogP contribution in [0.25, 0.3) is 28.3 Å². The summed E-state index contributed by atoms with van der Waals surface area (Å²) in [6.45, 7) is 4.40. The van der Waals surface area contributed by atoms with Crippen LogP contribution in [-0.2, 0) is 6.54 Å². The fourth-order valence-corrected chi connectivity index (χ4v) is 4.54. The Kier molecular flexibility index (Phi) is 5.61. The molecule has 1 saturated heterocycles. The summed E-state index contributed by atoms with van der Waals surface area (Å²) in [4.78, 5) is 13.4. The second-order valence-electron chi connectivity index (χ2n) is 8.68. The Labute approximate surface area is 205 Å². The maximum absolute atomic E-state index is 14.1. The van der Waals surface area contributed by atoms with Gasteiger partial charge in [0.15, 0.2) is 11.4 Å². The molecule has 5 aromatic rings. The van der Waals surface area contributed by atoms with E-state index in [9.17, 15) is 8.78 Å². The van der Waals surface area contributed by atoms with E-state index in [2.05, 4.69) is 32.1 Å². The average Bonchev–Trinajstić information content (AvgIpc) is 3.62. The van der Waals surface area contributed by atoms with Gasteiger partial charge in [0.05, 0.1) is 17.3 Å². The Bertz CT molecular complexity index is 1550. The summed E-state index contributed by atoms with van der Waals surface area (Å²) in [6, 6.07) is 9.28. The first-order valence-electron chi connectivity index (χ1n) is 11.7. The summed E-state index contributed by atoms with van der Waals surface area (Å²) in [5.41, 5.74) is 7.99. The van der Waals surface area contributed by atoms with E-state index in [0.29, 0.717) is 42.6 Å². The normalized spacial score (nSPS) is 15.1. The third-order valence-corrected chi connectivity index (χ3v) is 6.42. The van der Waals surface area contributed by atoms with Gasteiger partial charge >= 0.3 is 0 Å². The van der Waals surface area contributed by atoms with Gasteiger partial charge in [0.25, 0.3) is 0 Å². The molecule has 184 valence electrons. The van der Waals surface area contributed by atoms with Crippen molar-refractivity contribution in [3.8, 4) is 11.6 Å². The maximum atomic E-state index is 14.1. The second kappa shape index (κ2) is 9.08. The Hall–Kier alpha value is -4.25. The van der Waals surface area contributed by atoms with Gasteiger partial charge < -0.3 is 19.6 Å². The fraction of sp³-hybridized carbons (Fsp3) is 0.240. The first-order valence-corrected chi connectivity index (χ1v) is 11.7. The van der Waals surface area contributed by atoms with Gasteiger partial charge in [-0.3, -0.25) is 4.90 Å². The van der Waals surface area contributed by atoms with Crippen LogP contribution in [0.15, 0.2) is 65.4 Å². The molecule has 36 heavy (non-hydrogen) atoms. The maximum Gasteiger partial charge on any atom is 0.225 e. The number of fused-ring (bicyclic) bond motifs is 3. The molecule has 0 spiro atoms. The monoisotopic (exact) mass is 490 g/mol. The van der Waals surface area contributed by atoms with Crippen LogP contribution in [0.3, 0.4) is 0 Å². The topological polar surface area (TPSA) is 93.6 Å². The van der Waals surface area contributed by atoms with Gasteiger partial charge in [-0.05, 0) is 30.3 Å². The molecule has 0 saturated carbocycles. The summed E-state index contributed by atoms with van der Waals surface area (Å²) in [7, 11) is 0. The summed E-state index contributed by atoms with van der Waals surface area (Å²) in [5.74, 6) is 0.199. The number of benzene rings is 1. The van der Waals surface area contributed by atoms with E-state index >= 15 is 0 Å². The minimum atomic E-state index is -0.558. The van der Waals surface area contributed by atoms with E-state index in [1.165, 1.54) is 16.6 Å². The number of nitrogens with zero attached hydrogens (tertiary/aromatic N) is 7. The quantitative estimate of drug-likeness (QED) is 0.364. The number of nitrogens with two attached hydrogens (primary N) is 1. The zero-order chi connectivity index (χ0) is 24.6. The van der Waals surface area contributed by atoms with Crippen LogP contribution >= 0.6 is 0 Å². The van der Waals surface area contributed by atoms with Crippen molar-refractivity contribution in [2.24, 2.45) is 0 Å². The van der Waals surface area contributed by atoms with E-state index in [0.717, 1.165) is 36.7 Å². The van der Waals surface area contributed by atoms with E-state index < -0.39 is 11.6 Å². The number of halogens is 2. The number of allylic oxidation sites excluding steroid dienone is 1. The van der Waals surface area contributed by atoms with Gasteiger partial charge in [0, 0.05) is 51.5 Å². The molecule has 0 amide bonds. The lowest BCUT2D eigenvalue weighted by Crippen LogP contribution is -2.46. The molecular weight excluding hydrogens is 466 g/mol. The lowest BCUT2D eigenvalue weighted by Gasteiger charge is -2.35. The van der Waals surface area contributed by atoms with E-state index in [1.807, 2.05) is 21.7 Å². The van der Waals surface area contributed by atoms with Crippen molar-refractivity contribution >= 4 is 28.3 Å². The molecule has 9 nitrogen and oxygen atoms in total. The summed E-state index contributed by atoms with van der Waals surface area (Å²) < 4.78 is 36.2. The number of furan rings is 1. The zero-order valence-electron chi connectivity index (χ0n) is 19.4. The highest BCUT2D eigenvalue weighted by Gasteiger charge is 2.19. The number of piperazine rings is 1. The minimum Gasteiger partial charge on any atom is -0.461 e.